The summed E-state index contributed by atoms with van der Waals surface area (Å²) in [6.45, 7) is 2.35. The molecular formula is C23H27ClN2O3. The van der Waals surface area contributed by atoms with Crippen molar-refractivity contribution in [1.29, 1.82) is 0 Å². The predicted octanol–water partition coefficient (Wildman–Crippen LogP) is 4.10. The highest BCUT2D eigenvalue weighted by atomic mass is 35.5. The Morgan fingerprint density at radius 1 is 1.03 bits per heavy atom. The molecule has 3 N–H and O–H groups in total. The van der Waals surface area contributed by atoms with Crippen LogP contribution in [-0.2, 0) is 11.3 Å². The quantitative estimate of drug-likeness (QED) is 0.581. The van der Waals surface area contributed by atoms with Gasteiger partial charge in [-0.2, -0.15) is 0 Å². The molecule has 0 bridgehead atoms. The molecule has 0 aliphatic rings. The van der Waals surface area contributed by atoms with Crippen LogP contribution >= 0.6 is 12.4 Å². The van der Waals surface area contributed by atoms with Crippen molar-refractivity contribution >= 4 is 18.3 Å². The summed E-state index contributed by atoms with van der Waals surface area (Å²) in [5.41, 5.74) is 8.27. The van der Waals surface area contributed by atoms with Gasteiger partial charge in [0.2, 0.25) is 5.91 Å². The third-order valence-corrected chi connectivity index (χ3v) is 4.91. The van der Waals surface area contributed by atoms with Crippen LogP contribution in [0.5, 0.6) is 0 Å². The zero-order valence-electron chi connectivity index (χ0n) is 16.3. The first-order chi connectivity index (χ1) is 13.6. The molecule has 0 saturated carbocycles. The molecular weight excluding hydrogens is 388 g/mol. The molecule has 2 aromatic carbocycles. The van der Waals surface area contributed by atoms with Crippen molar-refractivity contribution in [3.8, 4) is 0 Å². The average Bonchev–Trinajstić information content (AvgIpc) is 3.28. The van der Waals surface area contributed by atoms with E-state index in [0.29, 0.717) is 12.3 Å². The fourth-order valence-corrected chi connectivity index (χ4v) is 3.22. The molecule has 0 saturated heterocycles. The maximum Gasteiger partial charge on any atom is 0.227 e. The standard InChI is InChI=1S/C23H26N2O3.ClH/c1-17(22(24)19-11-6-3-7-12-19)23(27)25(15-18-9-4-2-5-10-18)16-20(26)21-13-8-14-28-21;/h2-14,17,20,22,26H,15-16,24H2,1H3;1H. The number of aliphatic hydroxyl groups excluding tert-OH is 1. The molecule has 1 aromatic heterocycles. The van der Waals surface area contributed by atoms with Gasteiger partial charge in [0, 0.05) is 12.6 Å². The van der Waals surface area contributed by atoms with Crippen molar-refractivity contribution in [2.75, 3.05) is 6.54 Å². The van der Waals surface area contributed by atoms with Crippen LogP contribution in [0.1, 0.15) is 36.0 Å². The van der Waals surface area contributed by atoms with Crippen molar-refractivity contribution in [3.05, 3.63) is 95.9 Å². The Kier molecular flexibility index (Phi) is 8.46. The molecule has 1 amide bonds. The van der Waals surface area contributed by atoms with E-state index in [4.69, 9.17) is 10.2 Å². The SMILES string of the molecule is CC(C(=O)N(Cc1ccccc1)CC(O)c1ccco1)C(N)c1ccccc1.Cl. The number of hydrogen-bond acceptors (Lipinski definition) is 4. The van der Waals surface area contributed by atoms with E-state index in [2.05, 4.69) is 0 Å². The summed E-state index contributed by atoms with van der Waals surface area (Å²) in [6.07, 6.45) is 0.610. The zero-order valence-corrected chi connectivity index (χ0v) is 17.2. The molecule has 5 nitrogen and oxygen atoms in total. The van der Waals surface area contributed by atoms with Gasteiger partial charge in [0.15, 0.2) is 0 Å². The molecule has 3 rings (SSSR count). The number of aliphatic hydroxyl groups is 1. The second kappa shape index (κ2) is 10.8. The van der Waals surface area contributed by atoms with E-state index in [-0.39, 0.29) is 24.9 Å². The summed E-state index contributed by atoms with van der Waals surface area (Å²) in [7, 11) is 0. The van der Waals surface area contributed by atoms with Gasteiger partial charge in [-0.05, 0) is 23.3 Å². The summed E-state index contributed by atoms with van der Waals surface area (Å²) in [6, 6.07) is 22.3. The Morgan fingerprint density at radius 3 is 2.24 bits per heavy atom. The minimum absolute atomic E-state index is 0. The van der Waals surface area contributed by atoms with Crippen molar-refractivity contribution in [1.82, 2.24) is 4.90 Å². The topological polar surface area (TPSA) is 79.7 Å². The van der Waals surface area contributed by atoms with Crippen LogP contribution in [0.4, 0.5) is 0 Å². The van der Waals surface area contributed by atoms with Gasteiger partial charge in [-0.1, -0.05) is 67.6 Å². The Labute approximate surface area is 177 Å². The smallest absolute Gasteiger partial charge is 0.227 e. The van der Waals surface area contributed by atoms with Crippen molar-refractivity contribution < 1.29 is 14.3 Å². The van der Waals surface area contributed by atoms with Crippen LogP contribution in [0.15, 0.2) is 83.5 Å². The van der Waals surface area contributed by atoms with Gasteiger partial charge in [-0.3, -0.25) is 4.79 Å². The van der Waals surface area contributed by atoms with E-state index < -0.39 is 18.1 Å². The molecule has 0 spiro atoms. The normalized spacial score (nSPS) is 13.8. The zero-order chi connectivity index (χ0) is 19.9. The van der Waals surface area contributed by atoms with Gasteiger partial charge in [0.05, 0.1) is 18.7 Å². The Bertz CT molecular complexity index is 856. The molecule has 6 heteroatoms. The fraction of sp³-hybridized carbons (Fsp3) is 0.261. The Balaban J connectivity index is 0.00000300. The number of rotatable bonds is 8. The first-order valence-corrected chi connectivity index (χ1v) is 9.41. The second-order valence-electron chi connectivity index (χ2n) is 6.96. The highest BCUT2D eigenvalue weighted by Crippen LogP contribution is 2.24. The summed E-state index contributed by atoms with van der Waals surface area (Å²) < 4.78 is 5.29. The van der Waals surface area contributed by atoms with E-state index in [9.17, 15) is 9.90 Å². The van der Waals surface area contributed by atoms with E-state index in [1.165, 1.54) is 6.26 Å². The number of furan rings is 1. The first kappa shape index (κ1) is 22.7. The van der Waals surface area contributed by atoms with Crippen molar-refractivity contribution in [3.63, 3.8) is 0 Å². The van der Waals surface area contributed by atoms with E-state index in [1.807, 2.05) is 67.6 Å². The minimum Gasteiger partial charge on any atom is -0.467 e. The lowest BCUT2D eigenvalue weighted by Crippen LogP contribution is -2.41. The minimum atomic E-state index is -0.900. The maximum absolute atomic E-state index is 13.3. The Morgan fingerprint density at radius 2 is 1.66 bits per heavy atom. The number of carbonyl (C=O) groups excluding carboxylic acids is 1. The van der Waals surface area contributed by atoms with E-state index >= 15 is 0 Å². The van der Waals surface area contributed by atoms with Gasteiger partial charge in [0.25, 0.3) is 0 Å². The first-order valence-electron chi connectivity index (χ1n) is 9.41. The summed E-state index contributed by atoms with van der Waals surface area (Å²) in [4.78, 5) is 14.9. The highest BCUT2D eigenvalue weighted by Gasteiger charge is 2.29. The van der Waals surface area contributed by atoms with E-state index in [0.717, 1.165) is 11.1 Å². The maximum atomic E-state index is 13.3. The highest BCUT2D eigenvalue weighted by molar-refractivity contribution is 5.85. The number of nitrogens with two attached hydrogens (primary N) is 1. The van der Waals surface area contributed by atoms with Crippen LogP contribution < -0.4 is 5.73 Å². The molecule has 3 atom stereocenters. The van der Waals surface area contributed by atoms with Crippen LogP contribution in [0.25, 0.3) is 0 Å². The average molecular weight is 415 g/mol. The number of benzene rings is 2. The summed E-state index contributed by atoms with van der Waals surface area (Å²) in [5.74, 6) is -0.105. The number of halogens is 1. The van der Waals surface area contributed by atoms with Crippen LogP contribution in [0.3, 0.4) is 0 Å². The Hall–Kier alpha value is -2.60. The summed E-state index contributed by atoms with van der Waals surface area (Å²) >= 11 is 0. The second-order valence-corrected chi connectivity index (χ2v) is 6.96. The van der Waals surface area contributed by atoms with Crippen LogP contribution in [0.2, 0.25) is 0 Å². The number of nitrogens with zero attached hydrogens (tertiary/aromatic N) is 1. The third kappa shape index (κ3) is 5.94. The molecule has 154 valence electrons. The van der Waals surface area contributed by atoms with Crippen molar-refractivity contribution in [2.45, 2.75) is 25.6 Å². The summed E-state index contributed by atoms with van der Waals surface area (Å²) in [5, 5.41) is 10.5. The molecule has 0 radical (unpaired) electrons. The van der Waals surface area contributed by atoms with Crippen LogP contribution in [0, 0.1) is 5.92 Å². The molecule has 0 fully saturated rings. The van der Waals surface area contributed by atoms with Gasteiger partial charge < -0.3 is 20.2 Å². The third-order valence-electron chi connectivity index (χ3n) is 4.91. The van der Waals surface area contributed by atoms with Gasteiger partial charge in [-0.25, -0.2) is 0 Å². The lowest BCUT2D eigenvalue weighted by atomic mass is 9.94. The molecule has 0 aliphatic heterocycles. The predicted molar refractivity (Wildman–Crippen MR) is 115 cm³/mol. The molecule has 0 aliphatic carbocycles. The molecule has 1 heterocycles. The fourth-order valence-electron chi connectivity index (χ4n) is 3.22. The van der Waals surface area contributed by atoms with Crippen molar-refractivity contribution in [2.24, 2.45) is 11.7 Å². The number of amides is 1. The van der Waals surface area contributed by atoms with Gasteiger partial charge >= 0.3 is 0 Å². The molecule has 3 aromatic rings. The lowest BCUT2D eigenvalue weighted by molar-refractivity contribution is -0.138. The molecule has 3 unspecified atom stereocenters. The monoisotopic (exact) mass is 414 g/mol. The van der Waals surface area contributed by atoms with Crippen LogP contribution in [-0.4, -0.2) is 22.5 Å². The molecule has 29 heavy (non-hydrogen) atoms. The van der Waals surface area contributed by atoms with Gasteiger partial charge in [0.1, 0.15) is 11.9 Å². The number of carbonyl (C=O) groups is 1. The lowest BCUT2D eigenvalue weighted by Gasteiger charge is -2.30. The largest absolute Gasteiger partial charge is 0.467 e. The number of hydrogen-bond donors (Lipinski definition) is 2. The van der Waals surface area contributed by atoms with Gasteiger partial charge in [-0.15, -0.1) is 12.4 Å². The van der Waals surface area contributed by atoms with E-state index in [1.54, 1.807) is 17.0 Å².